The average Bonchev–Trinajstić information content (AvgIpc) is 2.90. The molecule has 0 aliphatic rings. The van der Waals surface area contributed by atoms with Gasteiger partial charge in [0.15, 0.2) is 0 Å². The van der Waals surface area contributed by atoms with E-state index in [1.54, 1.807) is 30.1 Å². The number of carbonyl (C=O) groups is 2. The van der Waals surface area contributed by atoms with E-state index in [1.807, 2.05) is 24.3 Å². The number of thioether (sulfide) groups is 1. The number of carboxylic acid groups (broad SMARTS) is 1. The van der Waals surface area contributed by atoms with Gasteiger partial charge in [0.05, 0.1) is 17.7 Å². The monoisotopic (exact) mass is 544 g/mol. The van der Waals surface area contributed by atoms with Crippen molar-refractivity contribution in [3.05, 3.63) is 83.6 Å². The molecule has 3 aromatic rings. The topological polar surface area (TPSA) is 79.3 Å². The third-order valence-electron chi connectivity index (χ3n) is 6.01. The van der Waals surface area contributed by atoms with Gasteiger partial charge >= 0.3 is 12.1 Å². The molecule has 2 aromatic carbocycles. The van der Waals surface area contributed by atoms with E-state index in [2.05, 4.69) is 17.2 Å². The molecule has 0 aliphatic carbocycles. The van der Waals surface area contributed by atoms with E-state index >= 15 is 0 Å². The largest absolute Gasteiger partial charge is 0.481 e. The molecule has 38 heavy (non-hydrogen) atoms. The molecule has 0 aliphatic heterocycles. The highest BCUT2D eigenvalue weighted by Crippen LogP contribution is 2.39. The summed E-state index contributed by atoms with van der Waals surface area (Å²) in [6, 6.07) is 16.0. The van der Waals surface area contributed by atoms with Gasteiger partial charge in [-0.1, -0.05) is 50.8 Å². The Morgan fingerprint density at radius 1 is 0.974 bits per heavy atom. The van der Waals surface area contributed by atoms with Crippen molar-refractivity contribution in [2.75, 3.05) is 6.54 Å². The van der Waals surface area contributed by atoms with Crippen molar-refractivity contribution in [1.29, 1.82) is 0 Å². The number of rotatable bonds is 13. The number of alkyl halides is 3. The van der Waals surface area contributed by atoms with E-state index < -0.39 is 17.7 Å². The van der Waals surface area contributed by atoms with Crippen molar-refractivity contribution in [3.63, 3.8) is 0 Å². The number of aromatic nitrogens is 1. The van der Waals surface area contributed by atoms with Gasteiger partial charge in [-0.3, -0.25) is 14.6 Å². The summed E-state index contributed by atoms with van der Waals surface area (Å²) in [6.45, 7) is 2.23. The van der Waals surface area contributed by atoms with Gasteiger partial charge in [0, 0.05) is 34.0 Å². The number of pyridine rings is 1. The number of nitrogens with zero attached hydrogens (tertiary/aromatic N) is 1. The number of carboxylic acids is 1. The predicted octanol–water partition coefficient (Wildman–Crippen LogP) is 7.78. The minimum Gasteiger partial charge on any atom is -0.481 e. The van der Waals surface area contributed by atoms with Gasteiger partial charge in [-0.2, -0.15) is 13.2 Å². The van der Waals surface area contributed by atoms with E-state index in [0.717, 1.165) is 54.7 Å². The molecule has 0 saturated carbocycles. The second-order valence-corrected chi connectivity index (χ2v) is 10.2. The maximum Gasteiger partial charge on any atom is 0.416 e. The van der Waals surface area contributed by atoms with Crippen molar-refractivity contribution in [2.45, 2.75) is 61.8 Å². The van der Waals surface area contributed by atoms with E-state index in [0.29, 0.717) is 16.8 Å². The van der Waals surface area contributed by atoms with Crippen LogP contribution in [-0.4, -0.2) is 28.5 Å². The van der Waals surface area contributed by atoms with Crippen LogP contribution < -0.4 is 5.32 Å². The van der Waals surface area contributed by atoms with Crippen LogP contribution in [0.1, 0.15) is 72.2 Å². The van der Waals surface area contributed by atoms with Crippen molar-refractivity contribution in [3.8, 4) is 11.3 Å². The van der Waals surface area contributed by atoms with E-state index in [1.165, 1.54) is 12.1 Å². The summed E-state index contributed by atoms with van der Waals surface area (Å²) >= 11 is 1.67. The lowest BCUT2D eigenvalue weighted by atomic mass is 10.0. The van der Waals surface area contributed by atoms with Crippen molar-refractivity contribution >= 4 is 23.6 Å². The minimum absolute atomic E-state index is 0.0694. The Balaban J connectivity index is 1.71. The van der Waals surface area contributed by atoms with Crippen LogP contribution in [0.2, 0.25) is 0 Å². The minimum atomic E-state index is -4.37. The van der Waals surface area contributed by atoms with Crippen LogP contribution in [0, 0.1) is 0 Å². The Labute approximate surface area is 224 Å². The quantitative estimate of drug-likeness (QED) is 0.170. The number of unbranched alkanes of at least 4 members (excludes halogenated alkanes) is 3. The van der Waals surface area contributed by atoms with Crippen molar-refractivity contribution < 1.29 is 27.9 Å². The first kappa shape index (κ1) is 29.2. The number of aliphatic carboxylic acids is 1. The van der Waals surface area contributed by atoms with E-state index in [-0.39, 0.29) is 24.1 Å². The predicted molar refractivity (Wildman–Crippen MR) is 143 cm³/mol. The Morgan fingerprint density at radius 2 is 1.68 bits per heavy atom. The first-order valence-electron chi connectivity index (χ1n) is 12.6. The molecule has 1 aromatic heterocycles. The molecule has 5 nitrogen and oxygen atoms in total. The maximum absolute atomic E-state index is 12.9. The standard InChI is InChI=1S/C29H31F3N2O3S/c1-2-3-4-5-6-26(38-24-14-9-21(10-15-24)28(37)33-18-17-27(35)36)22-11-16-25(34-19-22)20-7-12-23(13-8-20)29(30,31)32/h7-16,19,26H,2-6,17-18H2,1H3,(H,33,37)(H,35,36). The molecular formula is C29H31F3N2O3S. The smallest absolute Gasteiger partial charge is 0.416 e. The lowest BCUT2D eigenvalue weighted by Gasteiger charge is -2.18. The molecule has 0 fully saturated rings. The molecule has 9 heteroatoms. The summed E-state index contributed by atoms with van der Waals surface area (Å²) in [5, 5.41) is 11.4. The molecule has 0 spiro atoms. The van der Waals surface area contributed by atoms with Crippen LogP contribution in [0.3, 0.4) is 0 Å². The second kappa shape index (κ2) is 14.0. The zero-order chi connectivity index (χ0) is 27.5. The Morgan fingerprint density at radius 3 is 2.26 bits per heavy atom. The zero-order valence-corrected chi connectivity index (χ0v) is 21.9. The third kappa shape index (κ3) is 8.90. The number of amides is 1. The lowest BCUT2D eigenvalue weighted by molar-refractivity contribution is -0.138. The van der Waals surface area contributed by atoms with Crippen LogP contribution in [-0.2, 0) is 11.0 Å². The fraction of sp³-hybridized carbons (Fsp3) is 0.345. The number of hydrogen-bond acceptors (Lipinski definition) is 4. The molecule has 0 radical (unpaired) electrons. The molecular weight excluding hydrogens is 513 g/mol. The highest BCUT2D eigenvalue weighted by molar-refractivity contribution is 7.99. The van der Waals surface area contributed by atoms with Crippen LogP contribution >= 0.6 is 11.8 Å². The second-order valence-electron chi connectivity index (χ2n) is 8.93. The zero-order valence-electron chi connectivity index (χ0n) is 21.1. The number of carbonyl (C=O) groups excluding carboxylic acids is 1. The van der Waals surface area contributed by atoms with Gasteiger partial charge in [-0.05, 0) is 54.4 Å². The highest BCUT2D eigenvalue weighted by atomic mass is 32.2. The average molecular weight is 545 g/mol. The molecule has 1 amide bonds. The molecule has 0 bridgehead atoms. The number of halogens is 3. The fourth-order valence-electron chi connectivity index (χ4n) is 3.88. The lowest BCUT2D eigenvalue weighted by Crippen LogP contribution is -2.25. The maximum atomic E-state index is 12.9. The van der Waals surface area contributed by atoms with Crippen LogP contribution in [0.15, 0.2) is 71.8 Å². The summed E-state index contributed by atoms with van der Waals surface area (Å²) in [5.74, 6) is -1.29. The highest BCUT2D eigenvalue weighted by Gasteiger charge is 2.30. The SMILES string of the molecule is CCCCCCC(Sc1ccc(C(=O)NCCC(=O)O)cc1)c1ccc(-c2ccc(C(F)(F)F)cc2)nc1. The van der Waals surface area contributed by atoms with Gasteiger partial charge < -0.3 is 10.4 Å². The molecule has 1 heterocycles. The summed E-state index contributed by atoms with van der Waals surface area (Å²) in [5.41, 5.74) is 2.02. The Hall–Kier alpha value is -3.33. The first-order chi connectivity index (χ1) is 18.2. The van der Waals surface area contributed by atoms with Crippen LogP contribution in [0.5, 0.6) is 0 Å². The Bertz CT molecular complexity index is 1180. The van der Waals surface area contributed by atoms with Crippen molar-refractivity contribution in [2.24, 2.45) is 0 Å². The molecule has 202 valence electrons. The first-order valence-corrected chi connectivity index (χ1v) is 13.5. The van der Waals surface area contributed by atoms with Crippen LogP contribution in [0.25, 0.3) is 11.3 Å². The Kier molecular flexibility index (Phi) is 10.8. The van der Waals surface area contributed by atoms with E-state index in [9.17, 15) is 22.8 Å². The molecule has 3 rings (SSSR count). The third-order valence-corrected chi connectivity index (χ3v) is 7.34. The molecule has 0 saturated heterocycles. The summed E-state index contributed by atoms with van der Waals surface area (Å²) < 4.78 is 38.6. The summed E-state index contributed by atoms with van der Waals surface area (Å²) in [4.78, 5) is 28.4. The number of nitrogens with one attached hydrogen (secondary N) is 1. The van der Waals surface area contributed by atoms with Crippen molar-refractivity contribution in [1.82, 2.24) is 10.3 Å². The van der Waals surface area contributed by atoms with E-state index in [4.69, 9.17) is 5.11 Å². The molecule has 2 N–H and O–H groups in total. The normalized spacial score (nSPS) is 12.2. The van der Waals surface area contributed by atoms with Crippen LogP contribution in [0.4, 0.5) is 13.2 Å². The molecule has 1 atom stereocenters. The summed E-state index contributed by atoms with van der Waals surface area (Å²) in [7, 11) is 0. The number of hydrogen-bond donors (Lipinski definition) is 2. The van der Waals surface area contributed by atoms with Gasteiger partial charge in [-0.15, -0.1) is 11.8 Å². The summed E-state index contributed by atoms with van der Waals surface area (Å²) in [6.07, 6.45) is 2.69. The van der Waals surface area contributed by atoms with Gasteiger partial charge in [0.2, 0.25) is 0 Å². The van der Waals surface area contributed by atoms with Gasteiger partial charge in [0.25, 0.3) is 5.91 Å². The number of benzene rings is 2. The molecule has 1 unspecified atom stereocenters. The van der Waals surface area contributed by atoms with Gasteiger partial charge in [0.1, 0.15) is 0 Å². The fourth-order valence-corrected chi connectivity index (χ4v) is 5.06. The van der Waals surface area contributed by atoms with Gasteiger partial charge in [-0.25, -0.2) is 0 Å².